The highest BCUT2D eigenvalue weighted by Crippen LogP contribution is 2.31. The van der Waals surface area contributed by atoms with E-state index in [1.54, 1.807) is 7.11 Å². The SMILES string of the molecule is COCOc1ccc(C)cc1N1CCC(N)CC1. The van der Waals surface area contributed by atoms with Crippen molar-refractivity contribution in [3.05, 3.63) is 23.8 Å². The summed E-state index contributed by atoms with van der Waals surface area (Å²) < 4.78 is 10.6. The van der Waals surface area contributed by atoms with Crippen molar-refractivity contribution in [1.29, 1.82) is 0 Å². The molecule has 1 saturated heterocycles. The first-order chi connectivity index (χ1) is 8.70. The number of nitrogens with two attached hydrogens (primary N) is 1. The van der Waals surface area contributed by atoms with Crippen LogP contribution in [-0.2, 0) is 4.74 Å². The molecule has 0 atom stereocenters. The molecule has 1 fully saturated rings. The van der Waals surface area contributed by atoms with Crippen LogP contribution < -0.4 is 15.4 Å². The van der Waals surface area contributed by atoms with E-state index >= 15 is 0 Å². The fourth-order valence-electron chi connectivity index (χ4n) is 2.26. The van der Waals surface area contributed by atoms with Crippen molar-refractivity contribution in [3.63, 3.8) is 0 Å². The second-order valence-corrected chi connectivity index (χ2v) is 4.85. The number of benzene rings is 1. The fourth-order valence-corrected chi connectivity index (χ4v) is 2.26. The minimum atomic E-state index is 0.281. The van der Waals surface area contributed by atoms with Crippen LogP contribution in [0, 0.1) is 6.92 Å². The largest absolute Gasteiger partial charge is 0.465 e. The molecule has 4 nitrogen and oxygen atoms in total. The lowest BCUT2D eigenvalue weighted by Crippen LogP contribution is -2.39. The number of rotatable bonds is 4. The van der Waals surface area contributed by atoms with Crippen molar-refractivity contribution in [1.82, 2.24) is 0 Å². The quantitative estimate of drug-likeness (QED) is 0.829. The van der Waals surface area contributed by atoms with Gasteiger partial charge in [-0.2, -0.15) is 0 Å². The molecular weight excluding hydrogens is 228 g/mol. The van der Waals surface area contributed by atoms with Crippen molar-refractivity contribution in [3.8, 4) is 5.75 Å². The molecule has 0 aromatic heterocycles. The van der Waals surface area contributed by atoms with E-state index in [4.69, 9.17) is 15.2 Å². The maximum Gasteiger partial charge on any atom is 0.188 e. The van der Waals surface area contributed by atoms with Crippen molar-refractivity contribution in [2.75, 3.05) is 31.9 Å². The highest BCUT2D eigenvalue weighted by molar-refractivity contribution is 5.60. The van der Waals surface area contributed by atoms with Crippen LogP contribution in [0.3, 0.4) is 0 Å². The predicted molar refractivity (Wildman–Crippen MR) is 73.1 cm³/mol. The van der Waals surface area contributed by atoms with Gasteiger partial charge in [0, 0.05) is 26.2 Å². The third-order valence-corrected chi connectivity index (χ3v) is 3.33. The third-order valence-electron chi connectivity index (χ3n) is 3.33. The summed E-state index contributed by atoms with van der Waals surface area (Å²) >= 11 is 0. The van der Waals surface area contributed by atoms with Crippen molar-refractivity contribution in [2.45, 2.75) is 25.8 Å². The zero-order chi connectivity index (χ0) is 13.0. The van der Waals surface area contributed by atoms with E-state index in [1.165, 1.54) is 5.56 Å². The highest BCUT2D eigenvalue weighted by atomic mass is 16.7. The van der Waals surface area contributed by atoms with Gasteiger partial charge in [0.15, 0.2) is 6.79 Å². The molecule has 2 N–H and O–H groups in total. The first kappa shape index (κ1) is 13.2. The molecule has 0 bridgehead atoms. The molecule has 0 aliphatic carbocycles. The molecule has 18 heavy (non-hydrogen) atoms. The molecule has 2 rings (SSSR count). The van der Waals surface area contributed by atoms with Crippen LogP contribution in [0.2, 0.25) is 0 Å². The average Bonchev–Trinajstić information content (AvgIpc) is 2.38. The van der Waals surface area contributed by atoms with Crippen molar-refractivity contribution >= 4 is 5.69 Å². The lowest BCUT2D eigenvalue weighted by atomic mass is 10.0. The van der Waals surface area contributed by atoms with E-state index < -0.39 is 0 Å². The monoisotopic (exact) mass is 250 g/mol. The Morgan fingerprint density at radius 1 is 1.33 bits per heavy atom. The van der Waals surface area contributed by atoms with E-state index in [9.17, 15) is 0 Å². The van der Waals surface area contributed by atoms with Crippen LogP contribution in [0.25, 0.3) is 0 Å². The van der Waals surface area contributed by atoms with E-state index in [1.807, 2.05) is 6.07 Å². The van der Waals surface area contributed by atoms with Gasteiger partial charge in [-0.3, -0.25) is 0 Å². The Labute approximate surface area is 109 Å². The number of anilines is 1. The zero-order valence-electron chi connectivity index (χ0n) is 11.2. The summed E-state index contributed by atoms with van der Waals surface area (Å²) in [5.74, 6) is 0.887. The van der Waals surface area contributed by atoms with Crippen LogP contribution in [0.1, 0.15) is 18.4 Å². The lowest BCUT2D eigenvalue weighted by Gasteiger charge is -2.33. The molecule has 1 aliphatic heterocycles. The molecular formula is C14H22N2O2. The van der Waals surface area contributed by atoms with Crippen LogP contribution in [0.5, 0.6) is 5.75 Å². The standard InChI is InChI=1S/C14H22N2O2/c1-11-3-4-14(18-10-17-2)13(9-11)16-7-5-12(15)6-8-16/h3-4,9,12H,5-8,10,15H2,1-2H3. The first-order valence-electron chi connectivity index (χ1n) is 6.43. The zero-order valence-corrected chi connectivity index (χ0v) is 11.2. The Morgan fingerprint density at radius 2 is 2.06 bits per heavy atom. The molecule has 1 aromatic rings. The minimum absolute atomic E-state index is 0.281. The Morgan fingerprint density at radius 3 is 2.72 bits per heavy atom. The lowest BCUT2D eigenvalue weighted by molar-refractivity contribution is 0.0514. The van der Waals surface area contributed by atoms with Gasteiger partial charge in [0.05, 0.1) is 5.69 Å². The second kappa shape index (κ2) is 6.07. The molecule has 100 valence electrons. The number of piperidine rings is 1. The number of hydrogen-bond acceptors (Lipinski definition) is 4. The number of ether oxygens (including phenoxy) is 2. The van der Waals surface area contributed by atoms with Gasteiger partial charge in [-0.15, -0.1) is 0 Å². The Kier molecular flexibility index (Phi) is 4.44. The molecule has 0 unspecified atom stereocenters. The van der Waals surface area contributed by atoms with Crippen LogP contribution in [-0.4, -0.2) is 33.0 Å². The van der Waals surface area contributed by atoms with E-state index in [-0.39, 0.29) is 6.79 Å². The van der Waals surface area contributed by atoms with Crippen LogP contribution >= 0.6 is 0 Å². The van der Waals surface area contributed by atoms with Gasteiger partial charge in [0.1, 0.15) is 5.75 Å². The molecule has 1 aromatic carbocycles. The van der Waals surface area contributed by atoms with Gasteiger partial charge in [-0.05, 0) is 37.5 Å². The van der Waals surface area contributed by atoms with Gasteiger partial charge in [0.25, 0.3) is 0 Å². The summed E-state index contributed by atoms with van der Waals surface area (Å²) in [5.41, 5.74) is 8.34. The summed E-state index contributed by atoms with van der Waals surface area (Å²) in [4.78, 5) is 2.35. The maximum absolute atomic E-state index is 5.95. The Hall–Kier alpha value is -1.26. The molecule has 1 aliphatic rings. The van der Waals surface area contributed by atoms with E-state index in [2.05, 4.69) is 24.0 Å². The summed E-state index contributed by atoms with van der Waals surface area (Å²) in [6.45, 7) is 4.37. The Balaban J connectivity index is 2.16. The third kappa shape index (κ3) is 3.15. The topological polar surface area (TPSA) is 47.7 Å². The highest BCUT2D eigenvalue weighted by Gasteiger charge is 2.19. The van der Waals surface area contributed by atoms with Crippen LogP contribution in [0.4, 0.5) is 5.69 Å². The van der Waals surface area contributed by atoms with Gasteiger partial charge < -0.3 is 20.1 Å². The van der Waals surface area contributed by atoms with Gasteiger partial charge in [-0.1, -0.05) is 6.07 Å². The fraction of sp³-hybridized carbons (Fsp3) is 0.571. The van der Waals surface area contributed by atoms with Gasteiger partial charge >= 0.3 is 0 Å². The smallest absolute Gasteiger partial charge is 0.188 e. The number of nitrogens with zero attached hydrogens (tertiary/aromatic N) is 1. The molecule has 0 saturated carbocycles. The van der Waals surface area contributed by atoms with Gasteiger partial charge in [-0.25, -0.2) is 0 Å². The second-order valence-electron chi connectivity index (χ2n) is 4.85. The van der Waals surface area contributed by atoms with Gasteiger partial charge in [0.2, 0.25) is 0 Å². The predicted octanol–water partition coefficient (Wildman–Crippen LogP) is 1.91. The summed E-state index contributed by atoms with van der Waals surface area (Å²) in [7, 11) is 1.63. The summed E-state index contributed by atoms with van der Waals surface area (Å²) in [6.07, 6.45) is 2.08. The molecule has 4 heteroatoms. The minimum Gasteiger partial charge on any atom is -0.465 e. The molecule has 0 radical (unpaired) electrons. The summed E-state index contributed by atoms with van der Waals surface area (Å²) in [6, 6.07) is 6.58. The molecule has 0 spiro atoms. The number of methoxy groups -OCH3 is 1. The number of aryl methyl sites for hydroxylation is 1. The molecule has 1 heterocycles. The average molecular weight is 250 g/mol. The van der Waals surface area contributed by atoms with E-state index in [0.717, 1.165) is 37.4 Å². The van der Waals surface area contributed by atoms with E-state index in [0.29, 0.717) is 6.04 Å². The van der Waals surface area contributed by atoms with Crippen molar-refractivity contribution in [2.24, 2.45) is 5.73 Å². The normalized spacial score (nSPS) is 16.9. The molecule has 0 amide bonds. The summed E-state index contributed by atoms with van der Waals surface area (Å²) in [5, 5.41) is 0. The maximum atomic E-state index is 5.95. The first-order valence-corrected chi connectivity index (χ1v) is 6.43. The van der Waals surface area contributed by atoms with Crippen molar-refractivity contribution < 1.29 is 9.47 Å². The number of hydrogen-bond donors (Lipinski definition) is 1. The van der Waals surface area contributed by atoms with Crippen LogP contribution in [0.15, 0.2) is 18.2 Å². The Bertz CT molecular complexity index is 387.